The molecule has 1 aliphatic rings. The van der Waals surface area contributed by atoms with Crippen LogP contribution in [0.15, 0.2) is 0 Å². The zero-order valence-corrected chi connectivity index (χ0v) is 10.8. The lowest BCUT2D eigenvalue weighted by Crippen LogP contribution is -2.49. The molecule has 0 aromatic rings. The molecular formula is C11H21N3O4. The number of carbonyl (C=O) groups is 2. The van der Waals surface area contributed by atoms with Crippen molar-refractivity contribution in [2.75, 3.05) is 33.7 Å². The first-order valence-corrected chi connectivity index (χ1v) is 6.02. The summed E-state index contributed by atoms with van der Waals surface area (Å²) in [4.78, 5) is 25.9. The second-order valence-corrected chi connectivity index (χ2v) is 4.69. The van der Waals surface area contributed by atoms with Gasteiger partial charge in [-0.1, -0.05) is 0 Å². The Morgan fingerprint density at radius 2 is 2.00 bits per heavy atom. The summed E-state index contributed by atoms with van der Waals surface area (Å²) in [5, 5.41) is 20.0. The molecular weight excluding hydrogens is 238 g/mol. The number of nitrogens with one attached hydrogen (secondary N) is 1. The van der Waals surface area contributed by atoms with Gasteiger partial charge in [0.25, 0.3) is 0 Å². The molecule has 0 unspecified atom stereocenters. The highest BCUT2D eigenvalue weighted by Crippen LogP contribution is 2.13. The summed E-state index contributed by atoms with van der Waals surface area (Å²) in [6.45, 7) is 1.62. The fourth-order valence-corrected chi connectivity index (χ4v) is 1.94. The minimum Gasteiger partial charge on any atom is -0.479 e. The standard InChI is InChI=1S/C11H21N3O4/c1-13-5-3-8(4-6-13)14(2)11(18)12-7-9(15)10(16)17/h8-9,15H,3-7H2,1-2H3,(H,12,18)(H,16,17)/t9-/m0/s1. The molecule has 7 nitrogen and oxygen atoms in total. The Morgan fingerprint density at radius 1 is 1.44 bits per heavy atom. The lowest BCUT2D eigenvalue weighted by Gasteiger charge is -2.35. The van der Waals surface area contributed by atoms with Crippen molar-refractivity contribution in [2.45, 2.75) is 25.0 Å². The summed E-state index contributed by atoms with van der Waals surface area (Å²) in [5.41, 5.74) is 0. The van der Waals surface area contributed by atoms with E-state index in [1.54, 1.807) is 11.9 Å². The van der Waals surface area contributed by atoms with Crippen LogP contribution in [0.4, 0.5) is 4.79 Å². The molecule has 0 aromatic carbocycles. The quantitative estimate of drug-likeness (QED) is 0.612. The van der Waals surface area contributed by atoms with Crippen LogP contribution in [0.25, 0.3) is 0 Å². The molecule has 1 heterocycles. The Morgan fingerprint density at radius 3 is 2.50 bits per heavy atom. The first-order chi connectivity index (χ1) is 8.41. The maximum Gasteiger partial charge on any atom is 0.334 e. The third-order valence-electron chi connectivity index (χ3n) is 3.29. The van der Waals surface area contributed by atoms with Gasteiger partial charge in [-0.3, -0.25) is 0 Å². The van der Waals surface area contributed by atoms with E-state index in [4.69, 9.17) is 10.2 Å². The van der Waals surface area contributed by atoms with Crippen molar-refractivity contribution in [1.29, 1.82) is 0 Å². The molecule has 0 saturated carbocycles. The average Bonchev–Trinajstić information content (AvgIpc) is 2.35. The normalized spacial score (nSPS) is 19.3. The molecule has 1 fully saturated rings. The third kappa shape index (κ3) is 4.15. The number of carboxylic acids is 1. The van der Waals surface area contributed by atoms with Crippen molar-refractivity contribution >= 4 is 12.0 Å². The third-order valence-corrected chi connectivity index (χ3v) is 3.29. The highest BCUT2D eigenvalue weighted by Gasteiger charge is 2.24. The van der Waals surface area contributed by atoms with Gasteiger partial charge >= 0.3 is 12.0 Å². The number of aliphatic hydroxyl groups is 1. The number of piperidine rings is 1. The minimum absolute atomic E-state index is 0.170. The van der Waals surface area contributed by atoms with Gasteiger partial charge in [-0.25, -0.2) is 9.59 Å². The zero-order chi connectivity index (χ0) is 13.7. The maximum atomic E-state index is 11.7. The van der Waals surface area contributed by atoms with Crippen molar-refractivity contribution < 1.29 is 19.8 Å². The van der Waals surface area contributed by atoms with E-state index in [0.29, 0.717) is 0 Å². The fourth-order valence-electron chi connectivity index (χ4n) is 1.94. The first-order valence-electron chi connectivity index (χ1n) is 6.02. The molecule has 2 amide bonds. The van der Waals surface area contributed by atoms with Crippen molar-refractivity contribution in [3.8, 4) is 0 Å². The van der Waals surface area contributed by atoms with Gasteiger partial charge in [0.15, 0.2) is 6.10 Å². The highest BCUT2D eigenvalue weighted by molar-refractivity contribution is 5.76. The lowest BCUT2D eigenvalue weighted by molar-refractivity contribution is -0.146. The molecule has 1 rings (SSSR count). The van der Waals surface area contributed by atoms with Gasteiger partial charge in [0.1, 0.15) is 0 Å². The van der Waals surface area contributed by atoms with Crippen LogP contribution in [0.3, 0.4) is 0 Å². The van der Waals surface area contributed by atoms with Crippen molar-refractivity contribution in [2.24, 2.45) is 0 Å². The Bertz CT molecular complexity index is 303. The van der Waals surface area contributed by atoms with Gasteiger partial charge in [0.05, 0.1) is 6.54 Å². The number of hydrogen-bond acceptors (Lipinski definition) is 4. The van der Waals surface area contributed by atoms with Gasteiger partial charge in [-0.15, -0.1) is 0 Å². The van der Waals surface area contributed by atoms with E-state index in [0.717, 1.165) is 25.9 Å². The summed E-state index contributed by atoms with van der Waals surface area (Å²) in [5.74, 6) is -1.34. The van der Waals surface area contributed by atoms with E-state index in [2.05, 4.69) is 10.2 Å². The molecule has 18 heavy (non-hydrogen) atoms. The number of nitrogens with zero attached hydrogens (tertiary/aromatic N) is 2. The van der Waals surface area contributed by atoms with Crippen LogP contribution in [0.1, 0.15) is 12.8 Å². The molecule has 104 valence electrons. The van der Waals surface area contributed by atoms with E-state index in [1.165, 1.54) is 0 Å². The Labute approximate surface area is 106 Å². The highest BCUT2D eigenvalue weighted by atomic mass is 16.4. The Balaban J connectivity index is 2.35. The molecule has 3 N–H and O–H groups in total. The molecule has 0 aliphatic carbocycles. The lowest BCUT2D eigenvalue weighted by atomic mass is 10.0. The number of urea groups is 1. The monoisotopic (exact) mass is 259 g/mol. The van der Waals surface area contributed by atoms with Crippen LogP contribution in [0.2, 0.25) is 0 Å². The molecule has 7 heteroatoms. The number of aliphatic carboxylic acids is 1. The topological polar surface area (TPSA) is 93.1 Å². The van der Waals surface area contributed by atoms with E-state index in [-0.39, 0.29) is 18.6 Å². The number of carbonyl (C=O) groups excluding carboxylic acids is 1. The van der Waals surface area contributed by atoms with Crippen LogP contribution >= 0.6 is 0 Å². The van der Waals surface area contributed by atoms with E-state index >= 15 is 0 Å². The molecule has 1 atom stereocenters. The van der Waals surface area contributed by atoms with Gasteiger partial charge in [-0.05, 0) is 33.0 Å². The van der Waals surface area contributed by atoms with Crippen LogP contribution in [0.5, 0.6) is 0 Å². The van der Waals surface area contributed by atoms with Gasteiger partial charge in [-0.2, -0.15) is 0 Å². The van der Waals surface area contributed by atoms with Crippen LogP contribution in [-0.2, 0) is 4.79 Å². The smallest absolute Gasteiger partial charge is 0.334 e. The number of aliphatic hydroxyl groups excluding tert-OH is 1. The molecule has 0 aromatic heterocycles. The van der Waals surface area contributed by atoms with Gasteiger partial charge < -0.3 is 25.3 Å². The first kappa shape index (κ1) is 14.7. The van der Waals surface area contributed by atoms with Crippen molar-refractivity contribution in [3.63, 3.8) is 0 Å². The second kappa shape index (κ2) is 6.55. The summed E-state index contributed by atoms with van der Waals surface area (Å²) in [7, 11) is 3.73. The summed E-state index contributed by atoms with van der Waals surface area (Å²) >= 11 is 0. The van der Waals surface area contributed by atoms with Crippen LogP contribution in [-0.4, -0.2) is 77.9 Å². The molecule has 0 spiro atoms. The number of likely N-dealkylation sites (tertiary alicyclic amines) is 1. The number of carboxylic acid groups (broad SMARTS) is 1. The molecule has 0 radical (unpaired) electrons. The summed E-state index contributed by atoms with van der Waals surface area (Å²) in [6, 6.07) is -0.173. The second-order valence-electron chi connectivity index (χ2n) is 4.69. The van der Waals surface area contributed by atoms with Crippen molar-refractivity contribution in [3.05, 3.63) is 0 Å². The predicted octanol–water partition coefficient (Wildman–Crippen LogP) is -0.832. The Kier molecular flexibility index (Phi) is 5.36. The predicted molar refractivity (Wildman–Crippen MR) is 65.3 cm³/mol. The van der Waals surface area contributed by atoms with Crippen molar-refractivity contribution in [1.82, 2.24) is 15.1 Å². The van der Waals surface area contributed by atoms with Crippen LogP contribution in [0, 0.1) is 0 Å². The van der Waals surface area contributed by atoms with Crippen LogP contribution < -0.4 is 5.32 Å². The largest absolute Gasteiger partial charge is 0.479 e. The number of rotatable bonds is 4. The van der Waals surface area contributed by atoms with E-state index in [9.17, 15) is 9.59 Å². The molecule has 1 aliphatic heterocycles. The average molecular weight is 259 g/mol. The summed E-state index contributed by atoms with van der Waals surface area (Å²) < 4.78 is 0. The maximum absolute atomic E-state index is 11.7. The number of amides is 2. The molecule has 0 bridgehead atoms. The summed E-state index contributed by atoms with van der Waals surface area (Å²) in [6.07, 6.45) is 0.254. The minimum atomic E-state index is -1.56. The zero-order valence-electron chi connectivity index (χ0n) is 10.8. The van der Waals surface area contributed by atoms with Gasteiger partial charge in [0.2, 0.25) is 0 Å². The van der Waals surface area contributed by atoms with Gasteiger partial charge in [0, 0.05) is 13.1 Å². The van der Waals surface area contributed by atoms with E-state index in [1.807, 2.05) is 7.05 Å². The Hall–Kier alpha value is -1.34. The SMILES string of the molecule is CN1CCC(N(C)C(=O)NC[C@H](O)C(=O)O)CC1. The van der Waals surface area contributed by atoms with E-state index < -0.39 is 12.1 Å². The number of hydrogen-bond donors (Lipinski definition) is 3. The molecule has 1 saturated heterocycles. The fraction of sp³-hybridized carbons (Fsp3) is 0.818.